The van der Waals surface area contributed by atoms with Gasteiger partial charge in [-0.25, -0.2) is 4.79 Å². The van der Waals surface area contributed by atoms with Crippen LogP contribution in [0.25, 0.3) is 0 Å². The molecule has 1 aliphatic carbocycles. The maximum atomic E-state index is 14.0. The van der Waals surface area contributed by atoms with Crippen molar-refractivity contribution in [1.29, 1.82) is 0 Å². The second-order valence-electron chi connectivity index (χ2n) is 10.7. The average molecular weight is 578 g/mol. The summed E-state index contributed by atoms with van der Waals surface area (Å²) in [6.07, 6.45) is 6.73. The predicted octanol–water partition coefficient (Wildman–Crippen LogP) is 7.07. The summed E-state index contributed by atoms with van der Waals surface area (Å²) in [5.41, 5.74) is 2.98. The lowest BCUT2D eigenvalue weighted by Gasteiger charge is -2.35. The molecule has 0 unspecified atom stereocenters. The van der Waals surface area contributed by atoms with E-state index in [0.29, 0.717) is 31.0 Å². The summed E-state index contributed by atoms with van der Waals surface area (Å²) in [7, 11) is 3.25. The van der Waals surface area contributed by atoms with Crippen LogP contribution in [0.2, 0.25) is 0 Å². The number of amides is 3. The number of anilines is 1. The highest BCUT2D eigenvalue weighted by Crippen LogP contribution is 2.28. The highest BCUT2D eigenvalue weighted by atomic mass is 32.1. The summed E-state index contributed by atoms with van der Waals surface area (Å²) >= 11 is 1.70. The van der Waals surface area contributed by atoms with Crippen LogP contribution in [0.15, 0.2) is 54.6 Å². The summed E-state index contributed by atoms with van der Waals surface area (Å²) in [5, 5.41) is 3.09. The van der Waals surface area contributed by atoms with E-state index >= 15 is 0 Å². The first-order valence-electron chi connectivity index (χ1n) is 14.6. The van der Waals surface area contributed by atoms with E-state index in [-0.39, 0.29) is 24.5 Å². The molecule has 1 aromatic heterocycles. The van der Waals surface area contributed by atoms with Crippen LogP contribution in [0.4, 0.5) is 10.5 Å². The fraction of sp³-hybridized carbons (Fsp3) is 0.455. The zero-order valence-electron chi connectivity index (χ0n) is 24.8. The van der Waals surface area contributed by atoms with Crippen LogP contribution in [-0.4, -0.2) is 55.1 Å². The number of benzene rings is 2. The van der Waals surface area contributed by atoms with Crippen molar-refractivity contribution >= 4 is 29.0 Å². The Balaban J connectivity index is 1.53. The zero-order chi connectivity index (χ0) is 29.2. The smallest absolute Gasteiger partial charge is 0.322 e. The second-order valence-corrected chi connectivity index (χ2v) is 12.0. The highest BCUT2D eigenvalue weighted by molar-refractivity contribution is 7.11. The lowest BCUT2D eigenvalue weighted by Crippen LogP contribution is -2.49. The molecule has 1 aliphatic rings. The SMILES string of the molecule is CCc1cccc(NC(=O)N(CC(=O)N(CCc2ccc(OC)c(OC)c2)Cc2ccc(C)s2)C2CCCCC2)c1. The first-order chi connectivity index (χ1) is 19.9. The van der Waals surface area contributed by atoms with Crippen LogP contribution in [0.1, 0.15) is 59.9 Å². The van der Waals surface area contributed by atoms with Crippen molar-refractivity contribution in [1.82, 2.24) is 9.80 Å². The third kappa shape index (κ3) is 8.49. The van der Waals surface area contributed by atoms with Crippen molar-refractivity contribution in [3.63, 3.8) is 0 Å². The minimum Gasteiger partial charge on any atom is -0.493 e. The molecular weight excluding hydrogens is 534 g/mol. The van der Waals surface area contributed by atoms with Crippen LogP contribution in [0, 0.1) is 6.92 Å². The monoisotopic (exact) mass is 577 g/mol. The molecule has 41 heavy (non-hydrogen) atoms. The predicted molar refractivity (Wildman–Crippen MR) is 166 cm³/mol. The van der Waals surface area contributed by atoms with Crippen molar-refractivity contribution in [2.75, 3.05) is 32.6 Å². The maximum absolute atomic E-state index is 14.0. The molecule has 0 saturated heterocycles. The van der Waals surface area contributed by atoms with Gasteiger partial charge in [0.15, 0.2) is 11.5 Å². The molecule has 3 aromatic rings. The second kappa shape index (κ2) is 14.9. The van der Waals surface area contributed by atoms with Crippen molar-refractivity contribution in [3.05, 3.63) is 75.5 Å². The van der Waals surface area contributed by atoms with E-state index in [4.69, 9.17) is 9.47 Å². The Hall–Kier alpha value is -3.52. The van der Waals surface area contributed by atoms with E-state index in [1.54, 1.807) is 30.5 Å². The van der Waals surface area contributed by atoms with Crippen LogP contribution in [0.3, 0.4) is 0 Å². The first kappa shape index (κ1) is 30.4. The molecule has 0 aliphatic heterocycles. The van der Waals surface area contributed by atoms with E-state index in [0.717, 1.165) is 53.8 Å². The lowest BCUT2D eigenvalue weighted by atomic mass is 9.94. The Kier molecular flexibility index (Phi) is 11.1. The van der Waals surface area contributed by atoms with E-state index < -0.39 is 0 Å². The number of thiophene rings is 1. The number of nitrogens with zero attached hydrogens (tertiary/aromatic N) is 2. The molecule has 1 heterocycles. The van der Waals surface area contributed by atoms with Gasteiger partial charge in [0.1, 0.15) is 6.54 Å². The van der Waals surface area contributed by atoms with Crippen molar-refractivity contribution in [3.8, 4) is 11.5 Å². The third-order valence-electron chi connectivity index (χ3n) is 7.78. The molecule has 0 atom stereocenters. The molecule has 1 fully saturated rings. The summed E-state index contributed by atoms with van der Waals surface area (Å²) in [5.74, 6) is 1.31. The standard InChI is InChI=1S/C33H43N3O4S/c1-5-25-10-9-11-27(20-25)34-33(38)36(28-12-7-6-8-13-28)23-32(37)35(22-29-16-14-24(2)41-29)19-18-26-15-17-30(39-3)31(21-26)40-4/h9-11,14-17,20-21,28H,5-8,12-13,18-19,22-23H2,1-4H3,(H,34,38). The van der Waals surface area contributed by atoms with Crippen molar-refractivity contribution < 1.29 is 19.1 Å². The quantitative estimate of drug-likeness (QED) is 0.250. The molecule has 220 valence electrons. The largest absolute Gasteiger partial charge is 0.493 e. The number of aryl methyl sites for hydroxylation is 2. The van der Waals surface area contributed by atoms with Crippen LogP contribution >= 0.6 is 11.3 Å². The topological polar surface area (TPSA) is 71.1 Å². The fourth-order valence-corrected chi connectivity index (χ4v) is 6.33. The summed E-state index contributed by atoms with van der Waals surface area (Å²) < 4.78 is 10.9. The average Bonchev–Trinajstić information content (AvgIpc) is 3.42. The van der Waals surface area contributed by atoms with Gasteiger partial charge in [0, 0.05) is 28.0 Å². The molecule has 0 bridgehead atoms. The number of carbonyl (C=O) groups is 2. The van der Waals surface area contributed by atoms with Crippen LogP contribution in [0.5, 0.6) is 11.5 Å². The Labute approximate surface area is 248 Å². The number of methoxy groups -OCH3 is 2. The molecule has 8 heteroatoms. The third-order valence-corrected chi connectivity index (χ3v) is 8.77. The van der Waals surface area contributed by atoms with Gasteiger partial charge in [-0.3, -0.25) is 4.79 Å². The lowest BCUT2D eigenvalue weighted by molar-refractivity contribution is -0.132. The maximum Gasteiger partial charge on any atom is 0.322 e. The minimum absolute atomic E-state index is 0.0421. The molecule has 0 radical (unpaired) electrons. The van der Waals surface area contributed by atoms with Gasteiger partial charge in [-0.15, -0.1) is 11.3 Å². The Morgan fingerprint density at radius 2 is 1.73 bits per heavy atom. The van der Waals surface area contributed by atoms with Crippen LogP contribution in [-0.2, 0) is 24.2 Å². The molecular formula is C33H43N3O4S. The Bertz CT molecular complexity index is 1300. The number of rotatable bonds is 12. The normalized spacial score (nSPS) is 13.5. The van der Waals surface area contributed by atoms with Gasteiger partial charge < -0.3 is 24.6 Å². The number of carbonyl (C=O) groups excluding carboxylic acids is 2. The molecule has 1 N–H and O–H groups in total. The number of hydrogen-bond donors (Lipinski definition) is 1. The number of ether oxygens (including phenoxy) is 2. The van der Waals surface area contributed by atoms with Crippen molar-refractivity contribution in [2.24, 2.45) is 0 Å². The van der Waals surface area contributed by atoms with E-state index in [9.17, 15) is 9.59 Å². The van der Waals surface area contributed by atoms with Gasteiger partial charge in [0.05, 0.1) is 20.8 Å². The zero-order valence-corrected chi connectivity index (χ0v) is 25.6. The molecule has 2 aromatic carbocycles. The summed E-state index contributed by atoms with van der Waals surface area (Å²) in [6, 6.07) is 17.8. The van der Waals surface area contributed by atoms with Crippen molar-refractivity contribution in [2.45, 2.75) is 71.4 Å². The highest BCUT2D eigenvalue weighted by Gasteiger charge is 2.29. The van der Waals surface area contributed by atoms with Gasteiger partial charge in [0.2, 0.25) is 5.91 Å². The fourth-order valence-electron chi connectivity index (χ4n) is 5.42. The Morgan fingerprint density at radius 3 is 2.41 bits per heavy atom. The van der Waals surface area contributed by atoms with Gasteiger partial charge in [-0.1, -0.05) is 44.4 Å². The minimum atomic E-state index is -0.203. The van der Waals surface area contributed by atoms with Gasteiger partial charge >= 0.3 is 6.03 Å². The number of nitrogens with one attached hydrogen (secondary N) is 1. The van der Waals surface area contributed by atoms with Gasteiger partial charge in [0.25, 0.3) is 0 Å². The van der Waals surface area contributed by atoms with Gasteiger partial charge in [-0.05, 0) is 80.1 Å². The molecule has 0 spiro atoms. The first-order valence-corrected chi connectivity index (χ1v) is 15.4. The molecule has 1 saturated carbocycles. The summed E-state index contributed by atoms with van der Waals surface area (Å²) in [4.78, 5) is 33.7. The number of hydrogen-bond acceptors (Lipinski definition) is 5. The van der Waals surface area contributed by atoms with Gasteiger partial charge in [-0.2, -0.15) is 0 Å². The van der Waals surface area contributed by atoms with E-state index in [1.807, 2.05) is 41.3 Å². The van der Waals surface area contributed by atoms with Crippen LogP contribution < -0.4 is 14.8 Å². The van der Waals surface area contributed by atoms with E-state index in [2.05, 4.69) is 37.4 Å². The van der Waals surface area contributed by atoms with E-state index in [1.165, 1.54) is 11.3 Å². The molecule has 3 amide bonds. The number of urea groups is 1. The summed E-state index contributed by atoms with van der Waals surface area (Å²) in [6.45, 7) is 5.28. The molecule has 4 rings (SSSR count). The molecule has 7 nitrogen and oxygen atoms in total. The Morgan fingerprint density at radius 1 is 0.951 bits per heavy atom.